The number of nitrogens with zero attached hydrogens (tertiary/aromatic N) is 2. The van der Waals surface area contributed by atoms with Gasteiger partial charge in [-0.2, -0.15) is 13.2 Å². The van der Waals surface area contributed by atoms with Crippen LogP contribution in [-0.2, 0) is 11.0 Å². The van der Waals surface area contributed by atoms with Gasteiger partial charge in [0, 0.05) is 0 Å². The molecule has 0 radical (unpaired) electrons. The van der Waals surface area contributed by atoms with E-state index in [0.29, 0.717) is 37.9 Å². The Kier molecular flexibility index (Phi) is 9.72. The van der Waals surface area contributed by atoms with E-state index in [2.05, 4.69) is 5.32 Å². The molecule has 12 heteroatoms. The van der Waals surface area contributed by atoms with E-state index in [1.165, 1.54) is 24.3 Å². The number of alkyl halides is 3. The van der Waals surface area contributed by atoms with Gasteiger partial charge in [-0.15, -0.1) is 0 Å². The SMILES string of the molecule is O=C(CN1CCN(CC(O)C[AsH]C(=O)c2ccccc2F)CC1)Nc1ccc(Cl)c(C(F)(F)F)c1. The van der Waals surface area contributed by atoms with E-state index in [9.17, 15) is 32.3 Å². The molecule has 2 aromatic rings. The van der Waals surface area contributed by atoms with E-state index in [1.54, 1.807) is 6.07 Å². The molecule has 1 aliphatic heterocycles. The molecule has 35 heavy (non-hydrogen) atoms. The van der Waals surface area contributed by atoms with Crippen LogP contribution in [0.4, 0.5) is 23.2 Å². The van der Waals surface area contributed by atoms with Crippen molar-refractivity contribution in [3.63, 3.8) is 0 Å². The molecule has 0 aliphatic carbocycles. The Morgan fingerprint density at radius 3 is 2.40 bits per heavy atom. The molecule has 190 valence electrons. The molecular weight excluding hydrogens is 553 g/mol. The molecular formula is C23H25AsClF4N3O3. The number of carbonyl (C=O) groups is 2. The number of amides is 1. The summed E-state index contributed by atoms with van der Waals surface area (Å²) in [5.74, 6) is -0.987. The number of anilines is 1. The van der Waals surface area contributed by atoms with Crippen molar-refractivity contribution in [2.75, 3.05) is 44.6 Å². The summed E-state index contributed by atoms with van der Waals surface area (Å²) in [6.45, 7) is 2.65. The van der Waals surface area contributed by atoms with Crippen molar-refractivity contribution in [2.45, 2.75) is 17.5 Å². The Balaban J connectivity index is 1.39. The third kappa shape index (κ3) is 8.29. The average Bonchev–Trinajstić information content (AvgIpc) is 2.79. The number of piperazine rings is 1. The topological polar surface area (TPSA) is 72.9 Å². The van der Waals surface area contributed by atoms with Crippen LogP contribution in [0.2, 0.25) is 10.2 Å². The number of carbonyl (C=O) groups excluding carboxylic acids is 2. The van der Waals surface area contributed by atoms with Gasteiger partial charge in [-0.25, -0.2) is 0 Å². The van der Waals surface area contributed by atoms with Crippen LogP contribution in [-0.4, -0.2) is 86.5 Å². The predicted octanol–water partition coefficient (Wildman–Crippen LogP) is 3.11. The number of hydrogen-bond acceptors (Lipinski definition) is 5. The van der Waals surface area contributed by atoms with Crippen LogP contribution < -0.4 is 5.32 Å². The smallest absolute Gasteiger partial charge is 0.166 e. The van der Waals surface area contributed by atoms with Gasteiger partial charge in [-0.3, -0.25) is 0 Å². The van der Waals surface area contributed by atoms with E-state index >= 15 is 0 Å². The number of aliphatic hydroxyl groups is 1. The number of aliphatic hydroxyl groups excluding tert-OH is 1. The summed E-state index contributed by atoms with van der Waals surface area (Å²) in [6, 6.07) is 9.03. The predicted molar refractivity (Wildman–Crippen MR) is 127 cm³/mol. The van der Waals surface area contributed by atoms with Gasteiger partial charge in [0.1, 0.15) is 0 Å². The maximum absolute atomic E-state index is 13.7. The summed E-state index contributed by atoms with van der Waals surface area (Å²) in [5.41, 5.74) is -0.926. The van der Waals surface area contributed by atoms with Crippen LogP contribution in [0.25, 0.3) is 0 Å². The molecule has 0 aromatic heterocycles. The van der Waals surface area contributed by atoms with E-state index < -0.39 is 50.3 Å². The van der Waals surface area contributed by atoms with Crippen molar-refractivity contribution in [2.24, 2.45) is 0 Å². The van der Waals surface area contributed by atoms with Crippen molar-refractivity contribution in [1.82, 2.24) is 9.80 Å². The Morgan fingerprint density at radius 2 is 1.74 bits per heavy atom. The Labute approximate surface area is 211 Å². The molecule has 2 atom stereocenters. The van der Waals surface area contributed by atoms with E-state index in [4.69, 9.17) is 11.6 Å². The summed E-state index contributed by atoms with van der Waals surface area (Å²) in [7, 11) is 0. The fourth-order valence-corrected chi connectivity index (χ4v) is 5.87. The fraction of sp³-hybridized carbons (Fsp3) is 0.391. The normalized spacial score (nSPS) is 16.5. The third-order valence-electron chi connectivity index (χ3n) is 5.47. The summed E-state index contributed by atoms with van der Waals surface area (Å²) in [5, 5.41) is 12.7. The van der Waals surface area contributed by atoms with Crippen LogP contribution >= 0.6 is 11.6 Å². The van der Waals surface area contributed by atoms with Gasteiger partial charge in [0.15, 0.2) is 0 Å². The first kappa shape index (κ1) is 27.6. The number of β-amino-alcohol motifs (C(OH)–C–C–N with tert-alkyl or cyclic N) is 1. The van der Waals surface area contributed by atoms with Gasteiger partial charge in [0.05, 0.1) is 10.6 Å². The van der Waals surface area contributed by atoms with E-state index in [-0.39, 0.29) is 22.4 Å². The molecule has 0 saturated carbocycles. The number of halogens is 5. The number of rotatable bonds is 9. The second-order valence-corrected chi connectivity index (χ2v) is 11.1. The Morgan fingerprint density at radius 1 is 1.09 bits per heavy atom. The second-order valence-electron chi connectivity index (χ2n) is 8.16. The van der Waals surface area contributed by atoms with E-state index in [1.807, 2.05) is 9.80 Å². The molecule has 1 amide bonds. The molecule has 3 rings (SSSR count). The van der Waals surface area contributed by atoms with Crippen molar-refractivity contribution >= 4 is 43.5 Å². The van der Waals surface area contributed by atoms with E-state index in [0.717, 1.165) is 12.1 Å². The quantitative estimate of drug-likeness (QED) is 0.354. The van der Waals surface area contributed by atoms with Crippen molar-refractivity contribution < 1.29 is 32.3 Å². The maximum atomic E-state index is 13.7. The summed E-state index contributed by atoms with van der Waals surface area (Å²) < 4.78 is 52.4. The van der Waals surface area contributed by atoms with Crippen LogP contribution in [0.5, 0.6) is 0 Å². The molecule has 1 heterocycles. The van der Waals surface area contributed by atoms with Crippen LogP contribution in [0.15, 0.2) is 42.5 Å². The molecule has 2 unspecified atom stereocenters. The Bertz CT molecular complexity index is 1050. The van der Waals surface area contributed by atoms with Crippen LogP contribution in [0.1, 0.15) is 15.9 Å². The Hall–Kier alpha value is -1.97. The molecule has 1 aliphatic rings. The van der Waals surface area contributed by atoms with Crippen LogP contribution in [0, 0.1) is 5.82 Å². The minimum Gasteiger partial charge on any atom is -0.166 e. The van der Waals surface area contributed by atoms with Crippen LogP contribution in [0.3, 0.4) is 0 Å². The van der Waals surface area contributed by atoms with Crippen molar-refractivity contribution in [3.8, 4) is 0 Å². The summed E-state index contributed by atoms with van der Waals surface area (Å²) >= 11 is 4.39. The number of hydrogen-bond donors (Lipinski definition) is 2. The first-order valence-electron chi connectivity index (χ1n) is 10.8. The van der Waals surface area contributed by atoms with Gasteiger partial charge < -0.3 is 0 Å². The average molecular weight is 578 g/mol. The van der Waals surface area contributed by atoms with Gasteiger partial charge in [-0.1, -0.05) is 11.6 Å². The van der Waals surface area contributed by atoms with Gasteiger partial charge in [-0.05, 0) is 6.07 Å². The molecule has 6 nitrogen and oxygen atoms in total. The monoisotopic (exact) mass is 577 g/mol. The van der Waals surface area contributed by atoms with Gasteiger partial charge in [0.25, 0.3) is 0 Å². The standard InChI is InChI=1S/C23H25AsClF4N3O3/c25-19-6-5-15(11-18(19)23(27,28)29)30-21(34)14-32-9-7-31(8-10-32)13-16(33)12-24-22(35)17-3-1-2-4-20(17)26/h1-6,11,16,24,33H,7-10,12-14H2,(H,30,34). The van der Waals surface area contributed by atoms with Gasteiger partial charge >= 0.3 is 171 Å². The summed E-state index contributed by atoms with van der Waals surface area (Å²) in [6.07, 6.45) is -5.32. The molecule has 0 bridgehead atoms. The zero-order valence-electron chi connectivity index (χ0n) is 18.6. The first-order valence-corrected chi connectivity index (χ1v) is 13.8. The molecule has 2 aromatic carbocycles. The van der Waals surface area contributed by atoms with Gasteiger partial charge in [0.2, 0.25) is 0 Å². The third-order valence-corrected chi connectivity index (χ3v) is 8.46. The summed E-state index contributed by atoms with van der Waals surface area (Å²) in [4.78, 5) is 28.4. The second kappa shape index (κ2) is 12.3. The number of benzene rings is 2. The first-order chi connectivity index (χ1) is 16.5. The zero-order valence-corrected chi connectivity index (χ0v) is 21.5. The minimum atomic E-state index is -4.62. The van der Waals surface area contributed by atoms with Crippen molar-refractivity contribution in [1.29, 1.82) is 0 Å². The molecule has 0 spiro atoms. The minimum absolute atomic E-state index is 0.0159. The number of nitrogens with one attached hydrogen (secondary N) is 1. The van der Waals surface area contributed by atoms with Crippen molar-refractivity contribution in [3.05, 3.63) is 64.4 Å². The zero-order chi connectivity index (χ0) is 25.6. The fourth-order valence-electron chi connectivity index (χ4n) is 3.67. The molecule has 1 fully saturated rings. The molecule has 1 saturated heterocycles. The molecule has 2 N–H and O–H groups in total.